The fourth-order valence-electron chi connectivity index (χ4n) is 3.51. The van der Waals surface area contributed by atoms with Crippen molar-refractivity contribution in [3.05, 3.63) is 35.9 Å². The molecule has 1 aliphatic rings. The van der Waals surface area contributed by atoms with Gasteiger partial charge in [0.2, 0.25) is 0 Å². The number of carbonyl (C=O) groups excluding carboxylic acids is 2. The van der Waals surface area contributed by atoms with E-state index in [2.05, 4.69) is 0 Å². The van der Waals surface area contributed by atoms with Gasteiger partial charge in [0.15, 0.2) is 0 Å². The van der Waals surface area contributed by atoms with Crippen molar-refractivity contribution in [2.45, 2.75) is 57.2 Å². The van der Waals surface area contributed by atoms with Crippen molar-refractivity contribution in [2.75, 3.05) is 14.2 Å². The first-order valence-corrected chi connectivity index (χ1v) is 8.48. The molecule has 1 aromatic carbocycles. The lowest BCUT2D eigenvalue weighted by atomic mass is 9.80. The van der Waals surface area contributed by atoms with Crippen molar-refractivity contribution < 1.29 is 23.9 Å². The highest BCUT2D eigenvalue weighted by Gasteiger charge is 2.57. The lowest BCUT2D eigenvalue weighted by Crippen LogP contribution is -2.67. The number of nitrogens with zero attached hydrogens (tertiary/aromatic N) is 1. The number of piperidine rings is 1. The zero-order chi connectivity index (χ0) is 18.7. The number of carbonyl (C=O) groups is 2. The van der Waals surface area contributed by atoms with E-state index in [1.165, 1.54) is 19.3 Å². The van der Waals surface area contributed by atoms with Crippen molar-refractivity contribution in [3.8, 4) is 0 Å². The van der Waals surface area contributed by atoms with Gasteiger partial charge in [-0.1, -0.05) is 30.3 Å². The Balaban J connectivity index is 2.42. The van der Waals surface area contributed by atoms with Gasteiger partial charge < -0.3 is 9.47 Å². The summed E-state index contributed by atoms with van der Waals surface area (Å²) in [6.45, 7) is 5.38. The summed E-state index contributed by atoms with van der Waals surface area (Å²) in [6.07, 6.45) is 1.42. The zero-order valence-corrected chi connectivity index (χ0v) is 15.6. The minimum Gasteiger partial charge on any atom is -0.468 e. The molecule has 0 spiro atoms. The molecule has 0 aliphatic carbocycles. The molecule has 0 amide bonds. The van der Waals surface area contributed by atoms with Crippen molar-refractivity contribution in [1.29, 1.82) is 0 Å². The summed E-state index contributed by atoms with van der Waals surface area (Å²) in [5, 5.41) is 1.50. The highest BCUT2D eigenvalue weighted by Crippen LogP contribution is 2.42. The second-order valence-corrected chi connectivity index (χ2v) is 6.84. The Morgan fingerprint density at radius 1 is 1.00 bits per heavy atom. The lowest BCUT2D eigenvalue weighted by molar-refractivity contribution is -0.305. The third kappa shape index (κ3) is 3.55. The molecule has 0 N–H and O–H groups in total. The van der Waals surface area contributed by atoms with E-state index in [1.54, 1.807) is 13.8 Å². The molecule has 3 atom stereocenters. The molecule has 2 rings (SSSR count). The summed E-state index contributed by atoms with van der Waals surface area (Å²) in [5.74, 6) is -0.856. The topological polar surface area (TPSA) is 65.1 Å². The summed E-state index contributed by atoms with van der Waals surface area (Å²) in [6, 6.07) is 9.65. The largest absolute Gasteiger partial charge is 0.468 e. The fourth-order valence-corrected chi connectivity index (χ4v) is 3.51. The molecular formula is C19H27NO5. The van der Waals surface area contributed by atoms with Crippen LogP contribution in [-0.2, 0) is 23.9 Å². The normalized spacial score (nSPS) is 28.2. The minimum atomic E-state index is -1.07. The SMILES string of the molecule is COC(=O)[C@]1(C)CCC[C@@](C)(C(=O)OC)N1OC(C)c1ccccc1. The van der Waals surface area contributed by atoms with E-state index in [-0.39, 0.29) is 6.10 Å². The van der Waals surface area contributed by atoms with Crippen LogP contribution in [-0.4, -0.2) is 42.3 Å². The number of methoxy groups -OCH3 is 2. The Labute approximate surface area is 149 Å². The predicted molar refractivity (Wildman–Crippen MR) is 92.5 cm³/mol. The average molecular weight is 349 g/mol. The van der Waals surface area contributed by atoms with Gasteiger partial charge in [0.05, 0.1) is 14.2 Å². The molecule has 1 fully saturated rings. The first-order valence-electron chi connectivity index (χ1n) is 8.48. The smallest absolute Gasteiger partial charge is 0.328 e. The van der Waals surface area contributed by atoms with E-state index in [0.717, 1.165) is 5.56 Å². The predicted octanol–water partition coefficient (Wildman–Crippen LogP) is 3.03. The van der Waals surface area contributed by atoms with Crippen LogP contribution in [0.15, 0.2) is 30.3 Å². The molecule has 1 aromatic rings. The van der Waals surface area contributed by atoms with Gasteiger partial charge in [-0.15, -0.1) is 0 Å². The van der Waals surface area contributed by atoms with E-state index in [4.69, 9.17) is 14.3 Å². The van der Waals surface area contributed by atoms with Crippen LogP contribution in [0, 0.1) is 0 Å². The maximum Gasteiger partial charge on any atom is 0.328 e. The monoisotopic (exact) mass is 349 g/mol. The summed E-state index contributed by atoms with van der Waals surface area (Å²) < 4.78 is 10.0. The van der Waals surface area contributed by atoms with Gasteiger partial charge in [0.1, 0.15) is 17.2 Å². The molecule has 0 saturated carbocycles. The van der Waals surface area contributed by atoms with Gasteiger partial charge in [-0.2, -0.15) is 5.06 Å². The van der Waals surface area contributed by atoms with Gasteiger partial charge in [0, 0.05) is 0 Å². The second kappa shape index (κ2) is 7.54. The van der Waals surface area contributed by atoms with Crippen LogP contribution < -0.4 is 0 Å². The van der Waals surface area contributed by atoms with E-state index >= 15 is 0 Å². The Hall–Kier alpha value is -1.92. The summed E-state index contributed by atoms with van der Waals surface area (Å²) in [4.78, 5) is 31.2. The molecular weight excluding hydrogens is 322 g/mol. The molecule has 138 valence electrons. The van der Waals surface area contributed by atoms with Crippen LogP contribution in [0.5, 0.6) is 0 Å². The molecule has 6 nitrogen and oxygen atoms in total. The average Bonchev–Trinajstić information content (AvgIpc) is 2.63. The van der Waals surface area contributed by atoms with E-state index in [9.17, 15) is 9.59 Å². The summed E-state index contributed by atoms with van der Waals surface area (Å²) in [7, 11) is 2.69. The number of hydrogen-bond acceptors (Lipinski definition) is 6. The first kappa shape index (κ1) is 19.4. The molecule has 6 heteroatoms. The van der Waals surface area contributed by atoms with Gasteiger partial charge in [0.25, 0.3) is 0 Å². The molecule has 1 aliphatic heterocycles. The molecule has 1 unspecified atom stereocenters. The lowest BCUT2D eigenvalue weighted by Gasteiger charge is -2.51. The maximum absolute atomic E-state index is 12.5. The van der Waals surface area contributed by atoms with Crippen LogP contribution in [0.25, 0.3) is 0 Å². The quantitative estimate of drug-likeness (QED) is 0.762. The molecule has 0 radical (unpaired) electrons. The van der Waals surface area contributed by atoms with Gasteiger partial charge in [-0.25, -0.2) is 9.59 Å². The maximum atomic E-state index is 12.5. The van der Waals surface area contributed by atoms with Crippen LogP contribution in [0.2, 0.25) is 0 Å². The Morgan fingerprint density at radius 2 is 1.48 bits per heavy atom. The fraction of sp³-hybridized carbons (Fsp3) is 0.579. The Bertz CT molecular complexity index is 590. The highest BCUT2D eigenvalue weighted by atomic mass is 16.7. The summed E-state index contributed by atoms with van der Waals surface area (Å²) >= 11 is 0. The van der Waals surface area contributed by atoms with Gasteiger partial charge in [-0.3, -0.25) is 4.84 Å². The van der Waals surface area contributed by atoms with E-state index in [0.29, 0.717) is 19.3 Å². The van der Waals surface area contributed by atoms with Crippen LogP contribution in [0.3, 0.4) is 0 Å². The van der Waals surface area contributed by atoms with E-state index in [1.807, 2.05) is 37.3 Å². The van der Waals surface area contributed by atoms with Crippen molar-refractivity contribution in [3.63, 3.8) is 0 Å². The van der Waals surface area contributed by atoms with Crippen LogP contribution >= 0.6 is 0 Å². The summed E-state index contributed by atoms with van der Waals surface area (Å²) in [5.41, 5.74) is -1.19. The van der Waals surface area contributed by atoms with Crippen molar-refractivity contribution >= 4 is 11.9 Å². The number of hydroxylamine groups is 2. The standard InChI is InChI=1S/C19H27NO5/c1-14(15-10-7-6-8-11-15)25-20-18(2,16(21)23-4)12-9-13-19(20,3)17(22)24-5/h6-8,10-11,14H,9,12-13H2,1-5H3/t14?,18-,19-/m0/s1. The van der Waals surface area contributed by atoms with Gasteiger partial charge in [-0.05, 0) is 45.6 Å². The molecule has 25 heavy (non-hydrogen) atoms. The van der Waals surface area contributed by atoms with Gasteiger partial charge >= 0.3 is 11.9 Å². The number of rotatable bonds is 5. The number of esters is 2. The Kier molecular flexibility index (Phi) is 5.85. The van der Waals surface area contributed by atoms with Crippen LogP contribution in [0.4, 0.5) is 0 Å². The third-order valence-corrected chi connectivity index (χ3v) is 5.01. The van der Waals surface area contributed by atoms with Crippen molar-refractivity contribution in [2.24, 2.45) is 0 Å². The second-order valence-electron chi connectivity index (χ2n) is 6.84. The molecule has 1 saturated heterocycles. The number of hydrogen-bond donors (Lipinski definition) is 0. The molecule has 1 heterocycles. The first-order chi connectivity index (χ1) is 11.8. The number of ether oxygens (including phenoxy) is 2. The third-order valence-electron chi connectivity index (χ3n) is 5.01. The molecule has 0 aromatic heterocycles. The Morgan fingerprint density at radius 3 is 1.92 bits per heavy atom. The van der Waals surface area contributed by atoms with Crippen LogP contribution in [0.1, 0.15) is 51.7 Å². The zero-order valence-electron chi connectivity index (χ0n) is 15.6. The minimum absolute atomic E-state index is 0.340. The van der Waals surface area contributed by atoms with E-state index < -0.39 is 23.0 Å². The number of benzene rings is 1. The molecule has 0 bridgehead atoms. The highest BCUT2D eigenvalue weighted by molar-refractivity contribution is 5.85. The van der Waals surface area contributed by atoms with Crippen molar-refractivity contribution in [1.82, 2.24) is 5.06 Å².